The Morgan fingerprint density at radius 1 is 0.769 bits per heavy atom. The third-order valence-electron chi connectivity index (χ3n) is 3.88. The molecule has 0 aliphatic heterocycles. The lowest BCUT2D eigenvalue weighted by Gasteiger charge is -2.48. The molecule has 0 saturated carbocycles. The van der Waals surface area contributed by atoms with Crippen molar-refractivity contribution in [2.24, 2.45) is 16.2 Å². The second-order valence-corrected chi connectivity index (χ2v) is 5.88. The van der Waals surface area contributed by atoms with E-state index in [0.717, 1.165) is 0 Å². The van der Waals surface area contributed by atoms with Crippen molar-refractivity contribution in [2.75, 3.05) is 0 Å². The Balaban J connectivity index is 5.11. The average Bonchev–Trinajstić information content (AvgIpc) is 1.84. The van der Waals surface area contributed by atoms with Crippen molar-refractivity contribution in [2.45, 2.75) is 55.4 Å². The molecular weight excluding hydrogens is 156 g/mol. The first-order valence-corrected chi connectivity index (χ1v) is 5.00. The molecule has 0 amide bonds. The van der Waals surface area contributed by atoms with Gasteiger partial charge in [0.25, 0.3) is 0 Å². The molecule has 0 saturated heterocycles. The second-order valence-electron chi connectivity index (χ2n) is 5.88. The number of hydrogen-bond donors (Lipinski definition) is 0. The molecule has 0 aromatic heterocycles. The Hall–Kier alpha value is -0.440. The van der Waals surface area contributed by atoms with Crippen LogP contribution >= 0.6 is 0 Å². The summed E-state index contributed by atoms with van der Waals surface area (Å²) in [4.78, 5) is 0. The van der Waals surface area contributed by atoms with Gasteiger partial charge in [-0.3, -0.25) is 0 Å². The summed E-state index contributed by atoms with van der Waals surface area (Å²) in [6, 6.07) is 0. The summed E-state index contributed by atoms with van der Waals surface area (Å²) in [6.45, 7) is 17.8. The summed E-state index contributed by atoms with van der Waals surface area (Å²) in [5, 5.41) is 0. The topological polar surface area (TPSA) is 0 Å². The van der Waals surface area contributed by atoms with Crippen molar-refractivity contribution in [3.63, 3.8) is 0 Å². The molecule has 0 N–H and O–H groups in total. The molecule has 0 unspecified atom stereocenters. The summed E-state index contributed by atoms with van der Waals surface area (Å²) < 4.78 is 0. The van der Waals surface area contributed by atoms with Gasteiger partial charge in [0.05, 0.1) is 0 Å². The fraction of sp³-hybridized carbons (Fsp3) is 0.846. The standard InChI is InChI=1S/C13H24/c1-9-10-12(5,6)13(7,8)11(2,3)4/h1-8H3. The summed E-state index contributed by atoms with van der Waals surface area (Å²) in [5.74, 6) is 6.35. The Bertz CT molecular complexity index is 225. The van der Waals surface area contributed by atoms with Crippen molar-refractivity contribution in [3.05, 3.63) is 0 Å². The lowest BCUT2D eigenvalue weighted by molar-refractivity contribution is 0.0318. The lowest BCUT2D eigenvalue weighted by Crippen LogP contribution is -2.42. The quantitative estimate of drug-likeness (QED) is 0.533. The van der Waals surface area contributed by atoms with Gasteiger partial charge in [0.2, 0.25) is 0 Å². The van der Waals surface area contributed by atoms with Crippen molar-refractivity contribution >= 4 is 0 Å². The van der Waals surface area contributed by atoms with Crippen molar-refractivity contribution in [1.82, 2.24) is 0 Å². The van der Waals surface area contributed by atoms with Gasteiger partial charge in [0.1, 0.15) is 0 Å². The fourth-order valence-corrected chi connectivity index (χ4v) is 1.41. The van der Waals surface area contributed by atoms with E-state index in [1.54, 1.807) is 0 Å². The lowest BCUT2D eigenvalue weighted by atomic mass is 9.56. The Morgan fingerprint density at radius 3 is 1.38 bits per heavy atom. The molecule has 0 heteroatoms. The van der Waals surface area contributed by atoms with Crippen LogP contribution in [-0.2, 0) is 0 Å². The van der Waals surface area contributed by atoms with Crippen LogP contribution in [0.2, 0.25) is 0 Å². The van der Waals surface area contributed by atoms with Crippen LogP contribution in [0.25, 0.3) is 0 Å². The van der Waals surface area contributed by atoms with Gasteiger partial charge in [-0.05, 0) is 31.6 Å². The van der Waals surface area contributed by atoms with Crippen LogP contribution in [0.15, 0.2) is 0 Å². The highest BCUT2D eigenvalue weighted by atomic mass is 14.5. The molecule has 0 rings (SSSR count). The fourth-order valence-electron chi connectivity index (χ4n) is 1.41. The predicted molar refractivity (Wildman–Crippen MR) is 60.5 cm³/mol. The van der Waals surface area contributed by atoms with Crippen LogP contribution < -0.4 is 0 Å². The maximum absolute atomic E-state index is 3.32. The maximum Gasteiger partial charge on any atom is 0.0314 e. The van der Waals surface area contributed by atoms with Gasteiger partial charge in [-0.1, -0.05) is 40.5 Å². The van der Waals surface area contributed by atoms with Crippen LogP contribution in [-0.4, -0.2) is 0 Å². The molecule has 13 heavy (non-hydrogen) atoms. The van der Waals surface area contributed by atoms with Gasteiger partial charge in [-0.15, -0.1) is 5.92 Å². The Labute approximate surface area is 84.1 Å². The first kappa shape index (κ1) is 12.6. The summed E-state index contributed by atoms with van der Waals surface area (Å²) >= 11 is 0. The Kier molecular flexibility index (Phi) is 3.26. The highest BCUT2D eigenvalue weighted by Crippen LogP contribution is 2.50. The zero-order valence-electron chi connectivity index (χ0n) is 10.5. The van der Waals surface area contributed by atoms with E-state index in [1.807, 2.05) is 6.92 Å². The van der Waals surface area contributed by atoms with Crippen LogP contribution in [0, 0.1) is 28.1 Å². The molecular formula is C13H24. The molecule has 0 bridgehead atoms. The number of hydrogen-bond acceptors (Lipinski definition) is 0. The van der Waals surface area contributed by atoms with E-state index in [4.69, 9.17) is 0 Å². The van der Waals surface area contributed by atoms with E-state index in [9.17, 15) is 0 Å². The first-order chi connectivity index (χ1) is 5.56. The molecule has 0 nitrogen and oxygen atoms in total. The van der Waals surface area contributed by atoms with Crippen LogP contribution in [0.3, 0.4) is 0 Å². The first-order valence-electron chi connectivity index (χ1n) is 5.00. The SMILES string of the molecule is CC#CC(C)(C)C(C)(C)C(C)(C)C. The Morgan fingerprint density at radius 2 is 1.15 bits per heavy atom. The van der Waals surface area contributed by atoms with E-state index >= 15 is 0 Å². The van der Waals surface area contributed by atoms with E-state index in [2.05, 4.69) is 60.3 Å². The molecule has 0 aromatic rings. The van der Waals surface area contributed by atoms with Gasteiger partial charge in [0.15, 0.2) is 0 Å². The van der Waals surface area contributed by atoms with Crippen molar-refractivity contribution < 1.29 is 0 Å². The second kappa shape index (κ2) is 3.37. The minimum Gasteiger partial charge on any atom is -0.106 e. The van der Waals surface area contributed by atoms with E-state index in [-0.39, 0.29) is 16.2 Å². The van der Waals surface area contributed by atoms with E-state index in [1.165, 1.54) is 0 Å². The smallest absolute Gasteiger partial charge is 0.0314 e. The third-order valence-corrected chi connectivity index (χ3v) is 3.88. The number of rotatable bonds is 1. The van der Waals surface area contributed by atoms with Gasteiger partial charge >= 0.3 is 0 Å². The highest BCUT2D eigenvalue weighted by molar-refractivity contribution is 5.14. The van der Waals surface area contributed by atoms with Crippen molar-refractivity contribution in [3.8, 4) is 11.8 Å². The average molecular weight is 180 g/mol. The minimum atomic E-state index is 0.0694. The van der Waals surface area contributed by atoms with Crippen LogP contribution in [0.4, 0.5) is 0 Å². The molecule has 0 spiro atoms. The van der Waals surface area contributed by atoms with E-state index < -0.39 is 0 Å². The molecule has 0 fully saturated rings. The predicted octanol–water partition coefficient (Wildman–Crippen LogP) is 4.11. The summed E-state index contributed by atoms with van der Waals surface area (Å²) in [7, 11) is 0. The van der Waals surface area contributed by atoms with Crippen LogP contribution in [0.5, 0.6) is 0 Å². The minimum absolute atomic E-state index is 0.0694. The largest absolute Gasteiger partial charge is 0.106 e. The van der Waals surface area contributed by atoms with E-state index in [0.29, 0.717) is 0 Å². The van der Waals surface area contributed by atoms with Crippen LogP contribution in [0.1, 0.15) is 55.4 Å². The van der Waals surface area contributed by atoms with Gasteiger partial charge in [-0.25, -0.2) is 0 Å². The monoisotopic (exact) mass is 180 g/mol. The molecule has 0 aliphatic carbocycles. The van der Waals surface area contributed by atoms with Gasteiger partial charge in [-0.2, -0.15) is 0 Å². The molecule has 0 heterocycles. The van der Waals surface area contributed by atoms with Gasteiger partial charge < -0.3 is 0 Å². The third kappa shape index (κ3) is 2.27. The normalized spacial score (nSPS) is 13.5. The maximum atomic E-state index is 3.32. The van der Waals surface area contributed by atoms with Crippen molar-refractivity contribution in [1.29, 1.82) is 0 Å². The molecule has 0 radical (unpaired) electrons. The molecule has 0 aromatic carbocycles. The highest BCUT2D eigenvalue weighted by Gasteiger charge is 2.44. The van der Waals surface area contributed by atoms with Gasteiger partial charge in [0, 0.05) is 5.41 Å². The zero-order valence-corrected chi connectivity index (χ0v) is 10.5. The summed E-state index contributed by atoms with van der Waals surface area (Å²) in [5.41, 5.74) is 0.559. The molecule has 76 valence electrons. The molecule has 0 aliphatic rings. The zero-order chi connectivity index (χ0) is 10.9. The summed E-state index contributed by atoms with van der Waals surface area (Å²) in [6.07, 6.45) is 0. The molecule has 0 atom stereocenters.